The Morgan fingerprint density at radius 1 is 0.964 bits per heavy atom. The minimum atomic E-state index is -0.497. The first kappa shape index (κ1) is 18.5. The highest BCUT2D eigenvalue weighted by atomic mass is 35.5. The smallest absolute Gasteiger partial charge is 0.336 e. The summed E-state index contributed by atoms with van der Waals surface area (Å²) in [4.78, 5) is 24.3. The van der Waals surface area contributed by atoms with Gasteiger partial charge >= 0.3 is 11.6 Å². The number of halogens is 2. The lowest BCUT2D eigenvalue weighted by Crippen LogP contribution is -2.10. The minimum absolute atomic E-state index is 0.0569. The van der Waals surface area contributed by atoms with Crippen LogP contribution < -0.4 is 5.63 Å². The van der Waals surface area contributed by atoms with Gasteiger partial charge < -0.3 is 9.15 Å². The zero-order chi connectivity index (χ0) is 19.7. The molecule has 1 aromatic heterocycles. The summed E-state index contributed by atoms with van der Waals surface area (Å²) in [6.07, 6.45) is -0.0569. The van der Waals surface area contributed by atoms with Crippen molar-refractivity contribution in [2.24, 2.45) is 0 Å². The Labute approximate surface area is 170 Å². The molecule has 0 saturated heterocycles. The summed E-state index contributed by atoms with van der Waals surface area (Å²) >= 11 is 12.2. The highest BCUT2D eigenvalue weighted by Crippen LogP contribution is 2.28. The predicted octanol–water partition coefficient (Wildman–Crippen LogP) is 5.54. The van der Waals surface area contributed by atoms with E-state index in [0.717, 1.165) is 16.2 Å². The number of hydrogen-bond donors (Lipinski definition) is 0. The van der Waals surface area contributed by atoms with Crippen molar-refractivity contribution in [3.05, 3.63) is 92.3 Å². The van der Waals surface area contributed by atoms with E-state index >= 15 is 0 Å². The van der Waals surface area contributed by atoms with Gasteiger partial charge in [-0.05, 0) is 29.0 Å². The monoisotopic (exact) mass is 412 g/mol. The predicted molar refractivity (Wildman–Crippen MR) is 110 cm³/mol. The molecule has 0 bridgehead atoms. The van der Waals surface area contributed by atoms with Gasteiger partial charge in [-0.2, -0.15) is 0 Å². The molecule has 0 amide bonds. The van der Waals surface area contributed by atoms with Crippen LogP contribution in [0.3, 0.4) is 0 Å². The van der Waals surface area contributed by atoms with Gasteiger partial charge in [0.05, 0.1) is 6.42 Å². The van der Waals surface area contributed by atoms with Gasteiger partial charge in [0.1, 0.15) is 12.2 Å². The maximum absolute atomic E-state index is 12.3. The highest BCUT2D eigenvalue weighted by Gasteiger charge is 2.14. The average molecular weight is 413 g/mol. The van der Waals surface area contributed by atoms with E-state index in [4.69, 9.17) is 32.4 Å². The van der Waals surface area contributed by atoms with E-state index in [1.165, 1.54) is 6.07 Å². The second-order valence-electron chi connectivity index (χ2n) is 6.29. The third-order valence-electron chi connectivity index (χ3n) is 4.49. The van der Waals surface area contributed by atoms with Crippen LogP contribution in [0.15, 0.2) is 69.9 Å². The molecular weight excluding hydrogens is 399 g/mol. The second-order valence-corrected chi connectivity index (χ2v) is 7.10. The van der Waals surface area contributed by atoms with Crippen LogP contribution in [0.5, 0.6) is 0 Å². The summed E-state index contributed by atoms with van der Waals surface area (Å²) in [6.45, 7) is -0.0585. The number of hydrogen-bond acceptors (Lipinski definition) is 4. The molecular formula is C22H14Cl2O4. The number of fused-ring (bicyclic) bond motifs is 3. The van der Waals surface area contributed by atoms with Crippen LogP contribution in [-0.2, 0) is 22.6 Å². The molecule has 0 atom stereocenters. The van der Waals surface area contributed by atoms with Gasteiger partial charge in [-0.25, -0.2) is 4.79 Å². The molecule has 140 valence electrons. The molecule has 1 heterocycles. The maximum Gasteiger partial charge on any atom is 0.336 e. The molecule has 0 radical (unpaired) electrons. The number of carbonyl (C=O) groups is 1. The molecule has 0 saturated carbocycles. The van der Waals surface area contributed by atoms with Crippen LogP contribution in [0.25, 0.3) is 21.7 Å². The summed E-state index contributed by atoms with van der Waals surface area (Å²) < 4.78 is 10.7. The molecule has 0 aliphatic carbocycles. The molecule has 0 N–H and O–H groups in total. The Kier molecular flexibility index (Phi) is 5.07. The van der Waals surface area contributed by atoms with Crippen LogP contribution in [0.2, 0.25) is 10.0 Å². The summed E-state index contributed by atoms with van der Waals surface area (Å²) in [5, 5.41) is 3.48. The lowest BCUT2D eigenvalue weighted by Gasteiger charge is -2.10. The molecule has 0 spiro atoms. The van der Waals surface area contributed by atoms with Crippen LogP contribution in [0, 0.1) is 0 Å². The molecule has 28 heavy (non-hydrogen) atoms. The first-order chi connectivity index (χ1) is 13.5. The largest absolute Gasteiger partial charge is 0.461 e. The molecule has 0 unspecified atom stereocenters. The van der Waals surface area contributed by atoms with Crippen molar-refractivity contribution in [2.75, 3.05) is 0 Å². The zero-order valence-electron chi connectivity index (χ0n) is 14.6. The summed E-state index contributed by atoms with van der Waals surface area (Å²) in [5.41, 5.74) is 1.05. The average Bonchev–Trinajstić information content (AvgIpc) is 2.68. The molecule has 3 aromatic carbocycles. The van der Waals surface area contributed by atoms with Crippen LogP contribution in [0.1, 0.15) is 11.1 Å². The van der Waals surface area contributed by atoms with Gasteiger partial charge in [-0.15, -0.1) is 0 Å². The normalized spacial score (nSPS) is 11.1. The van der Waals surface area contributed by atoms with Gasteiger partial charge in [-0.3, -0.25) is 4.79 Å². The van der Waals surface area contributed by atoms with Gasteiger partial charge in [0.25, 0.3) is 0 Å². The molecule has 0 aliphatic heterocycles. The SMILES string of the molecule is O=C(Cc1c(Cl)cccc1Cl)OCc1cc(=O)oc2ccc3ccccc3c12. The van der Waals surface area contributed by atoms with Gasteiger partial charge in [0, 0.05) is 32.6 Å². The Bertz CT molecular complexity index is 1240. The number of ether oxygens (including phenoxy) is 1. The quantitative estimate of drug-likeness (QED) is 0.251. The zero-order valence-corrected chi connectivity index (χ0v) is 16.1. The molecule has 4 nitrogen and oxygen atoms in total. The Morgan fingerprint density at radius 3 is 2.50 bits per heavy atom. The number of rotatable bonds is 4. The summed E-state index contributed by atoms with van der Waals surface area (Å²) in [6, 6.07) is 17.8. The van der Waals surface area contributed by atoms with Crippen molar-refractivity contribution in [3.63, 3.8) is 0 Å². The minimum Gasteiger partial charge on any atom is -0.461 e. The first-order valence-corrected chi connectivity index (χ1v) is 9.31. The third kappa shape index (κ3) is 3.61. The number of benzene rings is 3. The van der Waals surface area contributed by atoms with Gasteiger partial charge in [-0.1, -0.05) is 59.6 Å². The van der Waals surface area contributed by atoms with E-state index < -0.39 is 11.6 Å². The maximum atomic E-state index is 12.3. The number of carbonyl (C=O) groups excluding carboxylic acids is 1. The summed E-state index contributed by atoms with van der Waals surface area (Å²) in [5.74, 6) is -0.489. The Hall–Kier alpha value is -2.82. The van der Waals surface area contributed by atoms with Gasteiger partial charge in [0.15, 0.2) is 0 Å². The molecule has 4 aromatic rings. The van der Waals surface area contributed by atoms with Crippen molar-refractivity contribution in [2.45, 2.75) is 13.0 Å². The van der Waals surface area contributed by atoms with Gasteiger partial charge in [0.2, 0.25) is 0 Å². The van der Waals surface area contributed by atoms with Crippen molar-refractivity contribution in [3.8, 4) is 0 Å². The fraction of sp³-hybridized carbons (Fsp3) is 0.0909. The highest BCUT2D eigenvalue weighted by molar-refractivity contribution is 6.36. The van der Waals surface area contributed by atoms with Crippen molar-refractivity contribution in [1.29, 1.82) is 0 Å². The molecule has 6 heteroatoms. The topological polar surface area (TPSA) is 56.5 Å². The lowest BCUT2D eigenvalue weighted by molar-refractivity contribution is -0.144. The fourth-order valence-electron chi connectivity index (χ4n) is 3.19. The second kappa shape index (κ2) is 7.66. The Balaban J connectivity index is 1.65. The number of esters is 1. The summed E-state index contributed by atoms with van der Waals surface area (Å²) in [7, 11) is 0. The molecule has 0 aliphatic rings. The van der Waals surface area contributed by atoms with E-state index in [9.17, 15) is 9.59 Å². The van der Waals surface area contributed by atoms with E-state index in [0.29, 0.717) is 26.8 Å². The van der Waals surface area contributed by atoms with Crippen LogP contribution in [-0.4, -0.2) is 5.97 Å². The first-order valence-electron chi connectivity index (χ1n) is 8.56. The van der Waals surface area contributed by atoms with E-state index in [1.54, 1.807) is 24.3 Å². The molecule has 4 rings (SSSR count). The lowest BCUT2D eigenvalue weighted by atomic mass is 10.0. The van der Waals surface area contributed by atoms with Crippen LogP contribution in [0.4, 0.5) is 0 Å². The van der Waals surface area contributed by atoms with Crippen LogP contribution >= 0.6 is 23.2 Å². The van der Waals surface area contributed by atoms with Crippen molar-refractivity contribution < 1.29 is 13.9 Å². The Morgan fingerprint density at radius 2 is 1.71 bits per heavy atom. The van der Waals surface area contributed by atoms with E-state index in [1.807, 2.05) is 30.3 Å². The standard InChI is InChI=1S/C22H14Cl2O4/c23-17-6-3-7-18(24)16(17)11-20(25)27-12-14-10-21(26)28-19-9-8-13-4-1-2-5-15(13)22(14)19/h1-10H,11-12H2. The van der Waals surface area contributed by atoms with Crippen molar-refractivity contribution in [1.82, 2.24) is 0 Å². The van der Waals surface area contributed by atoms with Crippen molar-refractivity contribution >= 4 is 50.9 Å². The fourth-order valence-corrected chi connectivity index (χ4v) is 3.72. The molecule has 0 fully saturated rings. The third-order valence-corrected chi connectivity index (χ3v) is 5.19. The van der Waals surface area contributed by atoms with E-state index in [2.05, 4.69) is 0 Å². The van der Waals surface area contributed by atoms with E-state index in [-0.39, 0.29) is 13.0 Å².